The molecule has 0 saturated carbocycles. The molecule has 0 aliphatic carbocycles. The summed E-state index contributed by atoms with van der Waals surface area (Å²) in [6.07, 6.45) is 0.570. The molecular weight excluding hydrogens is 190 g/mol. The standard InChI is InChI=1S/C12H17NO2/c1-10(15)13(2)12(8-9-14)11-6-4-3-5-7-11/h3-7,12,14H,8-9H2,1-2H3. The Bertz CT molecular complexity index is 311. The molecule has 1 unspecified atom stereocenters. The normalized spacial score (nSPS) is 12.2. The number of rotatable bonds is 4. The number of hydrogen-bond donors (Lipinski definition) is 1. The van der Waals surface area contributed by atoms with E-state index in [2.05, 4.69) is 0 Å². The molecule has 1 amide bonds. The Balaban J connectivity index is 2.87. The van der Waals surface area contributed by atoms with E-state index in [1.54, 1.807) is 11.9 Å². The van der Waals surface area contributed by atoms with Crippen molar-refractivity contribution in [1.29, 1.82) is 0 Å². The molecule has 0 radical (unpaired) electrons. The molecule has 0 heterocycles. The SMILES string of the molecule is CC(=O)N(C)C(CCO)c1ccccc1. The fourth-order valence-electron chi connectivity index (χ4n) is 1.60. The van der Waals surface area contributed by atoms with Crippen molar-refractivity contribution in [2.45, 2.75) is 19.4 Å². The maximum Gasteiger partial charge on any atom is 0.219 e. The van der Waals surface area contributed by atoms with Crippen LogP contribution in [-0.2, 0) is 4.79 Å². The first-order valence-electron chi connectivity index (χ1n) is 5.06. The van der Waals surface area contributed by atoms with Gasteiger partial charge in [-0.25, -0.2) is 0 Å². The van der Waals surface area contributed by atoms with Crippen LogP contribution in [0.5, 0.6) is 0 Å². The van der Waals surface area contributed by atoms with Crippen LogP contribution in [0, 0.1) is 0 Å². The molecule has 1 aromatic rings. The van der Waals surface area contributed by atoms with Crippen LogP contribution in [0.15, 0.2) is 30.3 Å². The predicted molar refractivity (Wildman–Crippen MR) is 59.3 cm³/mol. The lowest BCUT2D eigenvalue weighted by molar-refractivity contribution is -0.130. The van der Waals surface area contributed by atoms with Gasteiger partial charge in [0.15, 0.2) is 0 Å². The molecule has 0 aromatic heterocycles. The van der Waals surface area contributed by atoms with Gasteiger partial charge in [-0.15, -0.1) is 0 Å². The molecule has 0 bridgehead atoms. The molecule has 0 aliphatic heterocycles. The van der Waals surface area contributed by atoms with Crippen molar-refractivity contribution in [2.24, 2.45) is 0 Å². The first kappa shape index (κ1) is 11.7. The molecule has 0 spiro atoms. The lowest BCUT2D eigenvalue weighted by Gasteiger charge is -2.27. The summed E-state index contributed by atoms with van der Waals surface area (Å²) < 4.78 is 0. The van der Waals surface area contributed by atoms with Crippen molar-refractivity contribution in [3.8, 4) is 0 Å². The highest BCUT2D eigenvalue weighted by Crippen LogP contribution is 2.22. The number of amides is 1. The van der Waals surface area contributed by atoms with Gasteiger partial charge in [-0.3, -0.25) is 4.79 Å². The zero-order chi connectivity index (χ0) is 11.3. The van der Waals surface area contributed by atoms with Crippen LogP contribution >= 0.6 is 0 Å². The van der Waals surface area contributed by atoms with E-state index in [0.29, 0.717) is 6.42 Å². The first-order valence-corrected chi connectivity index (χ1v) is 5.06. The number of benzene rings is 1. The minimum Gasteiger partial charge on any atom is -0.396 e. The summed E-state index contributed by atoms with van der Waals surface area (Å²) in [7, 11) is 1.76. The minimum absolute atomic E-state index is 0.0114. The summed E-state index contributed by atoms with van der Waals surface area (Å²) in [5.41, 5.74) is 1.06. The second-order valence-electron chi connectivity index (χ2n) is 3.57. The lowest BCUT2D eigenvalue weighted by Crippen LogP contribution is -2.29. The minimum atomic E-state index is -0.0336. The molecular formula is C12H17NO2. The van der Waals surface area contributed by atoms with Gasteiger partial charge in [0.1, 0.15) is 0 Å². The van der Waals surface area contributed by atoms with Crippen LogP contribution in [-0.4, -0.2) is 29.6 Å². The van der Waals surface area contributed by atoms with Gasteiger partial charge >= 0.3 is 0 Å². The summed E-state index contributed by atoms with van der Waals surface area (Å²) in [4.78, 5) is 12.9. The molecule has 1 rings (SSSR count). The van der Waals surface area contributed by atoms with Gasteiger partial charge < -0.3 is 10.0 Å². The highest BCUT2D eigenvalue weighted by molar-refractivity contribution is 5.73. The van der Waals surface area contributed by atoms with Gasteiger partial charge in [0.25, 0.3) is 0 Å². The van der Waals surface area contributed by atoms with E-state index in [-0.39, 0.29) is 18.6 Å². The number of aliphatic hydroxyl groups is 1. The van der Waals surface area contributed by atoms with Crippen molar-refractivity contribution < 1.29 is 9.90 Å². The maximum absolute atomic E-state index is 11.3. The molecule has 1 N–H and O–H groups in total. The Labute approximate surface area is 90.3 Å². The topological polar surface area (TPSA) is 40.5 Å². The van der Waals surface area contributed by atoms with Gasteiger partial charge in [0.05, 0.1) is 6.04 Å². The molecule has 1 aromatic carbocycles. The fourth-order valence-corrected chi connectivity index (χ4v) is 1.60. The van der Waals surface area contributed by atoms with Gasteiger partial charge in [0.2, 0.25) is 5.91 Å². The summed E-state index contributed by atoms with van der Waals surface area (Å²) in [5, 5.41) is 8.99. The van der Waals surface area contributed by atoms with Crippen molar-refractivity contribution in [3.63, 3.8) is 0 Å². The van der Waals surface area contributed by atoms with E-state index in [1.165, 1.54) is 6.92 Å². The van der Waals surface area contributed by atoms with Crippen LogP contribution in [0.4, 0.5) is 0 Å². The van der Waals surface area contributed by atoms with Crippen molar-refractivity contribution in [2.75, 3.05) is 13.7 Å². The van der Waals surface area contributed by atoms with Crippen LogP contribution in [0.3, 0.4) is 0 Å². The van der Waals surface area contributed by atoms with Gasteiger partial charge in [-0.2, -0.15) is 0 Å². The Morgan fingerprint density at radius 2 is 2.00 bits per heavy atom. The molecule has 3 heteroatoms. The number of aliphatic hydroxyl groups excluding tert-OH is 1. The average Bonchev–Trinajstić information content (AvgIpc) is 2.26. The van der Waals surface area contributed by atoms with Crippen LogP contribution < -0.4 is 0 Å². The van der Waals surface area contributed by atoms with Crippen LogP contribution in [0.1, 0.15) is 24.9 Å². The monoisotopic (exact) mass is 207 g/mol. The zero-order valence-corrected chi connectivity index (χ0v) is 9.18. The van der Waals surface area contributed by atoms with E-state index < -0.39 is 0 Å². The highest BCUT2D eigenvalue weighted by Gasteiger charge is 2.17. The number of hydrogen-bond acceptors (Lipinski definition) is 2. The van der Waals surface area contributed by atoms with E-state index in [1.807, 2.05) is 30.3 Å². The molecule has 0 saturated heterocycles. The van der Waals surface area contributed by atoms with Crippen LogP contribution in [0.2, 0.25) is 0 Å². The molecule has 1 atom stereocenters. The molecule has 15 heavy (non-hydrogen) atoms. The van der Waals surface area contributed by atoms with E-state index in [0.717, 1.165) is 5.56 Å². The Morgan fingerprint density at radius 1 is 1.40 bits per heavy atom. The quantitative estimate of drug-likeness (QED) is 0.814. The third kappa shape index (κ3) is 3.06. The van der Waals surface area contributed by atoms with E-state index in [4.69, 9.17) is 5.11 Å². The Morgan fingerprint density at radius 3 is 2.47 bits per heavy atom. The summed E-state index contributed by atoms with van der Waals surface area (Å²) in [5.74, 6) is 0.0114. The number of nitrogens with zero attached hydrogens (tertiary/aromatic N) is 1. The first-order chi connectivity index (χ1) is 7.16. The van der Waals surface area contributed by atoms with Gasteiger partial charge in [-0.1, -0.05) is 30.3 Å². The van der Waals surface area contributed by atoms with E-state index in [9.17, 15) is 4.79 Å². The zero-order valence-electron chi connectivity index (χ0n) is 9.18. The third-order valence-corrected chi connectivity index (χ3v) is 2.55. The van der Waals surface area contributed by atoms with Gasteiger partial charge in [-0.05, 0) is 12.0 Å². The Hall–Kier alpha value is -1.35. The highest BCUT2D eigenvalue weighted by atomic mass is 16.3. The van der Waals surface area contributed by atoms with E-state index >= 15 is 0 Å². The summed E-state index contributed by atoms with van der Waals surface area (Å²) in [6, 6.07) is 9.72. The summed E-state index contributed by atoms with van der Waals surface area (Å²) >= 11 is 0. The number of carbonyl (C=O) groups is 1. The Kier molecular flexibility index (Phi) is 4.31. The van der Waals surface area contributed by atoms with Gasteiger partial charge in [0, 0.05) is 20.6 Å². The molecule has 82 valence electrons. The maximum atomic E-state index is 11.3. The molecule has 3 nitrogen and oxygen atoms in total. The summed E-state index contributed by atoms with van der Waals surface area (Å²) in [6.45, 7) is 1.62. The molecule has 0 fully saturated rings. The van der Waals surface area contributed by atoms with Crippen molar-refractivity contribution in [3.05, 3.63) is 35.9 Å². The predicted octanol–water partition coefficient (Wildman–Crippen LogP) is 1.59. The molecule has 0 aliphatic rings. The third-order valence-electron chi connectivity index (χ3n) is 2.55. The fraction of sp³-hybridized carbons (Fsp3) is 0.417. The smallest absolute Gasteiger partial charge is 0.219 e. The second kappa shape index (κ2) is 5.51. The average molecular weight is 207 g/mol. The second-order valence-corrected chi connectivity index (χ2v) is 3.57. The van der Waals surface area contributed by atoms with Crippen molar-refractivity contribution >= 4 is 5.91 Å². The van der Waals surface area contributed by atoms with Crippen molar-refractivity contribution in [1.82, 2.24) is 4.90 Å². The number of carbonyl (C=O) groups excluding carboxylic acids is 1. The largest absolute Gasteiger partial charge is 0.396 e. The van der Waals surface area contributed by atoms with Crippen LogP contribution in [0.25, 0.3) is 0 Å². The lowest BCUT2D eigenvalue weighted by atomic mass is 10.0.